The second-order valence-corrected chi connectivity index (χ2v) is 4.81. The number of hydrogen-bond acceptors (Lipinski definition) is 3. The van der Waals surface area contributed by atoms with Gasteiger partial charge in [0.2, 0.25) is 5.82 Å². The minimum absolute atomic E-state index is 0.127. The highest BCUT2D eigenvalue weighted by Crippen LogP contribution is 2.27. The third kappa shape index (κ3) is 2.64. The number of benzene rings is 1. The zero-order valence-corrected chi connectivity index (χ0v) is 9.95. The van der Waals surface area contributed by atoms with Crippen LogP contribution in [-0.4, -0.2) is 11.0 Å². The molecular weight excluding hydrogens is 242 g/mol. The van der Waals surface area contributed by atoms with E-state index in [0.717, 1.165) is 18.9 Å². The van der Waals surface area contributed by atoms with E-state index >= 15 is 0 Å². The summed E-state index contributed by atoms with van der Waals surface area (Å²) in [6, 6.07) is 1.85. The van der Waals surface area contributed by atoms with Gasteiger partial charge in [0.1, 0.15) is 5.82 Å². The molecule has 1 aromatic rings. The first kappa shape index (κ1) is 12.9. The van der Waals surface area contributed by atoms with Gasteiger partial charge in [0, 0.05) is 30.3 Å². The lowest BCUT2D eigenvalue weighted by atomic mass is 9.82. The molecule has 0 aromatic heterocycles. The standard InChI is InChI=1S/C12H14F2N2O2/c1-7-2-9(3-7)15-6-8-4-12(16(17)18)11(14)5-10(8)13/h4-5,7,9,15H,2-3,6H2,1H3. The first-order valence-corrected chi connectivity index (χ1v) is 5.83. The van der Waals surface area contributed by atoms with Gasteiger partial charge in [0.25, 0.3) is 0 Å². The molecule has 0 bridgehead atoms. The van der Waals surface area contributed by atoms with Gasteiger partial charge in [-0.1, -0.05) is 6.92 Å². The zero-order chi connectivity index (χ0) is 13.3. The largest absolute Gasteiger partial charge is 0.310 e. The van der Waals surface area contributed by atoms with Crippen LogP contribution >= 0.6 is 0 Å². The first-order valence-electron chi connectivity index (χ1n) is 5.83. The molecule has 0 aliphatic heterocycles. The Bertz CT molecular complexity index is 473. The van der Waals surface area contributed by atoms with Gasteiger partial charge in [-0.2, -0.15) is 4.39 Å². The lowest BCUT2D eigenvalue weighted by Gasteiger charge is -2.33. The van der Waals surface area contributed by atoms with E-state index in [4.69, 9.17) is 0 Å². The van der Waals surface area contributed by atoms with Gasteiger partial charge in [-0.25, -0.2) is 4.39 Å². The minimum atomic E-state index is -1.14. The first-order chi connectivity index (χ1) is 8.47. The Hall–Kier alpha value is -1.56. The molecule has 0 unspecified atom stereocenters. The van der Waals surface area contributed by atoms with E-state index < -0.39 is 22.2 Å². The highest BCUT2D eigenvalue weighted by molar-refractivity contribution is 5.37. The van der Waals surface area contributed by atoms with Crippen LogP contribution in [0.25, 0.3) is 0 Å². The van der Waals surface area contributed by atoms with Crippen molar-refractivity contribution in [2.45, 2.75) is 32.4 Å². The van der Waals surface area contributed by atoms with Crippen molar-refractivity contribution in [1.29, 1.82) is 0 Å². The molecule has 0 radical (unpaired) electrons. The summed E-state index contributed by atoms with van der Waals surface area (Å²) in [5.74, 6) is -1.23. The Labute approximate surface area is 103 Å². The van der Waals surface area contributed by atoms with Gasteiger partial charge in [-0.15, -0.1) is 0 Å². The van der Waals surface area contributed by atoms with Crippen LogP contribution in [0.3, 0.4) is 0 Å². The average molecular weight is 256 g/mol. The predicted molar refractivity (Wildman–Crippen MR) is 62.0 cm³/mol. The molecule has 0 heterocycles. The van der Waals surface area contributed by atoms with Crippen LogP contribution < -0.4 is 5.32 Å². The Morgan fingerprint density at radius 1 is 1.39 bits per heavy atom. The molecule has 0 amide bonds. The van der Waals surface area contributed by atoms with Crippen molar-refractivity contribution in [3.8, 4) is 0 Å². The summed E-state index contributed by atoms with van der Waals surface area (Å²) in [6.45, 7) is 2.31. The number of nitrogens with zero attached hydrogens (tertiary/aromatic N) is 1. The summed E-state index contributed by atoms with van der Waals surface area (Å²) in [4.78, 5) is 9.71. The van der Waals surface area contributed by atoms with Gasteiger partial charge in [0.05, 0.1) is 4.92 Å². The Morgan fingerprint density at radius 3 is 2.61 bits per heavy atom. The Morgan fingerprint density at radius 2 is 2.06 bits per heavy atom. The van der Waals surface area contributed by atoms with Crippen LogP contribution in [0.5, 0.6) is 0 Å². The molecule has 6 heteroatoms. The third-order valence-corrected chi connectivity index (χ3v) is 3.27. The highest BCUT2D eigenvalue weighted by Gasteiger charge is 2.25. The van der Waals surface area contributed by atoms with Crippen LogP contribution in [0.15, 0.2) is 12.1 Å². The fourth-order valence-corrected chi connectivity index (χ4v) is 2.18. The van der Waals surface area contributed by atoms with Crippen LogP contribution in [0.4, 0.5) is 14.5 Å². The van der Waals surface area contributed by atoms with Crippen LogP contribution in [0.2, 0.25) is 0 Å². The summed E-state index contributed by atoms with van der Waals surface area (Å²) < 4.78 is 26.5. The molecule has 1 saturated carbocycles. The van der Waals surface area contributed by atoms with Crippen molar-refractivity contribution in [2.24, 2.45) is 5.92 Å². The molecule has 98 valence electrons. The smallest absolute Gasteiger partial charge is 0.305 e. The molecule has 1 aliphatic carbocycles. The maximum Gasteiger partial charge on any atom is 0.305 e. The molecule has 1 aliphatic rings. The van der Waals surface area contributed by atoms with Crippen LogP contribution in [0, 0.1) is 27.7 Å². The number of nitro groups is 1. The second-order valence-electron chi connectivity index (χ2n) is 4.81. The summed E-state index contributed by atoms with van der Waals surface area (Å²) >= 11 is 0. The van der Waals surface area contributed by atoms with Crippen molar-refractivity contribution < 1.29 is 13.7 Å². The van der Waals surface area contributed by atoms with E-state index in [1.54, 1.807) is 0 Å². The fraction of sp³-hybridized carbons (Fsp3) is 0.500. The topological polar surface area (TPSA) is 55.2 Å². The molecule has 0 atom stereocenters. The van der Waals surface area contributed by atoms with Gasteiger partial charge in [-0.3, -0.25) is 10.1 Å². The molecule has 4 nitrogen and oxygen atoms in total. The van der Waals surface area contributed by atoms with E-state index in [1.807, 2.05) is 0 Å². The van der Waals surface area contributed by atoms with E-state index in [-0.39, 0.29) is 12.1 Å². The van der Waals surface area contributed by atoms with E-state index in [0.29, 0.717) is 18.0 Å². The SMILES string of the molecule is CC1CC(NCc2cc([N+](=O)[O-])c(F)cc2F)C1. The molecule has 0 saturated heterocycles. The van der Waals surface area contributed by atoms with Gasteiger partial charge < -0.3 is 5.32 Å². The van der Waals surface area contributed by atoms with Gasteiger partial charge >= 0.3 is 5.69 Å². The van der Waals surface area contributed by atoms with Gasteiger partial charge in [0.15, 0.2) is 0 Å². The normalized spacial score (nSPS) is 22.6. The Kier molecular flexibility index (Phi) is 3.56. The van der Waals surface area contributed by atoms with Crippen LogP contribution in [0.1, 0.15) is 25.3 Å². The lowest BCUT2D eigenvalue weighted by Crippen LogP contribution is -2.39. The minimum Gasteiger partial charge on any atom is -0.310 e. The number of nitro benzene ring substituents is 1. The molecule has 1 N–H and O–H groups in total. The summed E-state index contributed by atoms with van der Waals surface area (Å²) in [7, 11) is 0. The fourth-order valence-electron chi connectivity index (χ4n) is 2.18. The summed E-state index contributed by atoms with van der Waals surface area (Å²) in [5.41, 5.74) is -0.558. The molecule has 1 fully saturated rings. The quantitative estimate of drug-likeness (QED) is 0.665. The molecule has 2 rings (SSSR count). The Balaban J connectivity index is 2.07. The molecule has 0 spiro atoms. The average Bonchev–Trinajstić information content (AvgIpc) is 2.24. The summed E-state index contributed by atoms with van der Waals surface area (Å²) in [6.07, 6.45) is 2.04. The molecule has 18 heavy (non-hydrogen) atoms. The maximum atomic E-state index is 13.4. The maximum absolute atomic E-state index is 13.4. The monoisotopic (exact) mass is 256 g/mol. The van der Waals surface area contributed by atoms with Crippen molar-refractivity contribution in [1.82, 2.24) is 5.32 Å². The van der Waals surface area contributed by atoms with E-state index in [1.165, 1.54) is 0 Å². The summed E-state index contributed by atoms with van der Waals surface area (Å²) in [5, 5.41) is 13.7. The lowest BCUT2D eigenvalue weighted by molar-refractivity contribution is -0.387. The number of nitrogens with one attached hydrogen (secondary N) is 1. The van der Waals surface area contributed by atoms with Crippen molar-refractivity contribution in [3.63, 3.8) is 0 Å². The van der Waals surface area contributed by atoms with E-state index in [2.05, 4.69) is 12.2 Å². The van der Waals surface area contributed by atoms with E-state index in [9.17, 15) is 18.9 Å². The molecule has 1 aromatic carbocycles. The number of rotatable bonds is 4. The van der Waals surface area contributed by atoms with Crippen LogP contribution in [-0.2, 0) is 6.54 Å². The van der Waals surface area contributed by atoms with Crippen molar-refractivity contribution in [2.75, 3.05) is 0 Å². The number of halogens is 2. The second kappa shape index (κ2) is 4.97. The van der Waals surface area contributed by atoms with Crippen molar-refractivity contribution in [3.05, 3.63) is 39.4 Å². The third-order valence-electron chi connectivity index (χ3n) is 3.27. The zero-order valence-electron chi connectivity index (χ0n) is 9.95. The number of hydrogen-bond donors (Lipinski definition) is 1. The predicted octanol–water partition coefficient (Wildman–Crippen LogP) is 2.76. The molecular formula is C12H14F2N2O2. The van der Waals surface area contributed by atoms with Crippen molar-refractivity contribution >= 4 is 5.69 Å². The van der Waals surface area contributed by atoms with Gasteiger partial charge in [-0.05, 0) is 18.8 Å². The highest BCUT2D eigenvalue weighted by atomic mass is 19.1.